The average molecular weight is 574 g/mol. The highest BCUT2D eigenvalue weighted by Gasteiger charge is 2.72. The van der Waals surface area contributed by atoms with Gasteiger partial charge in [-0.25, -0.2) is 0 Å². The predicted octanol–water partition coefficient (Wildman–Crippen LogP) is 4.97. The molecule has 9 atom stereocenters. The Morgan fingerprint density at radius 3 is 2.56 bits per heavy atom. The van der Waals surface area contributed by atoms with Crippen molar-refractivity contribution in [2.75, 3.05) is 26.4 Å². The van der Waals surface area contributed by atoms with Crippen LogP contribution in [0.5, 0.6) is 0 Å². The van der Waals surface area contributed by atoms with E-state index in [9.17, 15) is 19.8 Å². The van der Waals surface area contributed by atoms with Crippen molar-refractivity contribution < 1.29 is 29.3 Å². The maximum atomic E-state index is 12.5. The first-order valence-electron chi connectivity index (χ1n) is 16.4. The third-order valence-corrected chi connectivity index (χ3v) is 12.9. The van der Waals surface area contributed by atoms with Crippen LogP contribution in [0.15, 0.2) is 11.6 Å². The summed E-state index contributed by atoms with van der Waals surface area (Å²) in [6.45, 7) is 13.0. The van der Waals surface area contributed by atoms with Gasteiger partial charge in [0.15, 0.2) is 5.78 Å². The highest BCUT2D eigenvalue weighted by Crippen LogP contribution is 2.72. The third-order valence-electron chi connectivity index (χ3n) is 12.9. The van der Waals surface area contributed by atoms with Crippen molar-refractivity contribution >= 4 is 11.7 Å². The number of carbonyl (C=O) groups is 2. The van der Waals surface area contributed by atoms with Gasteiger partial charge in [-0.2, -0.15) is 0 Å². The number of hydrogen-bond donors (Lipinski definition) is 3. The second kappa shape index (κ2) is 11.7. The van der Waals surface area contributed by atoms with Crippen molar-refractivity contribution in [1.82, 2.24) is 5.32 Å². The topological polar surface area (TPSA) is 105 Å². The monoisotopic (exact) mass is 573 g/mol. The molecular weight excluding hydrogens is 518 g/mol. The molecule has 4 saturated carbocycles. The van der Waals surface area contributed by atoms with Crippen molar-refractivity contribution in [2.45, 2.75) is 123 Å². The number of ketones is 1. The molecule has 0 aromatic heterocycles. The van der Waals surface area contributed by atoms with Crippen LogP contribution in [0.4, 0.5) is 0 Å². The van der Waals surface area contributed by atoms with Gasteiger partial charge >= 0.3 is 0 Å². The van der Waals surface area contributed by atoms with Crippen LogP contribution in [0.3, 0.4) is 0 Å². The van der Waals surface area contributed by atoms with E-state index >= 15 is 0 Å². The number of fused-ring (bicyclic) bond motifs is 5. The number of aliphatic hydroxyl groups is 2. The molecule has 2 unspecified atom stereocenters. The Labute approximate surface area is 247 Å². The Kier molecular flexibility index (Phi) is 8.86. The molecule has 41 heavy (non-hydrogen) atoms. The molecule has 1 amide bonds. The van der Waals surface area contributed by atoms with Crippen LogP contribution in [0.1, 0.15) is 105 Å². The number of aliphatic hydroxyl groups excluding tert-OH is 1. The molecule has 4 fully saturated rings. The van der Waals surface area contributed by atoms with Crippen molar-refractivity contribution in [3.63, 3.8) is 0 Å². The van der Waals surface area contributed by atoms with Gasteiger partial charge in [0.1, 0.15) is 6.61 Å². The summed E-state index contributed by atoms with van der Waals surface area (Å²) in [4.78, 5) is 24.5. The molecule has 5 aliphatic rings. The van der Waals surface area contributed by atoms with E-state index in [1.807, 2.05) is 6.08 Å². The molecule has 232 valence electrons. The molecular formula is C34H55NO6. The molecule has 0 saturated heterocycles. The zero-order valence-electron chi connectivity index (χ0n) is 26.2. The summed E-state index contributed by atoms with van der Waals surface area (Å²) in [6.07, 6.45) is 10.6. The summed E-state index contributed by atoms with van der Waals surface area (Å²) in [5.41, 5.74) is -0.356. The number of rotatable bonds is 10. The number of allylic oxidation sites excluding steroid dienone is 2. The Hall–Kier alpha value is -1.28. The van der Waals surface area contributed by atoms with E-state index in [-0.39, 0.29) is 53.0 Å². The Balaban J connectivity index is 1.19. The van der Waals surface area contributed by atoms with Crippen LogP contribution in [-0.4, -0.2) is 66.1 Å². The van der Waals surface area contributed by atoms with Gasteiger partial charge in [-0.05, 0) is 105 Å². The smallest absolute Gasteiger partial charge is 0.246 e. The van der Waals surface area contributed by atoms with Crippen molar-refractivity contribution in [3.8, 4) is 0 Å². The summed E-state index contributed by atoms with van der Waals surface area (Å²) >= 11 is 0. The number of amides is 1. The summed E-state index contributed by atoms with van der Waals surface area (Å²) in [5, 5.41) is 27.2. The van der Waals surface area contributed by atoms with E-state index in [2.05, 4.69) is 39.9 Å². The lowest BCUT2D eigenvalue weighted by Crippen LogP contribution is -2.68. The Bertz CT molecular complexity index is 1030. The fourth-order valence-electron chi connectivity index (χ4n) is 10.1. The first kappa shape index (κ1) is 31.2. The van der Waals surface area contributed by atoms with Crippen molar-refractivity contribution in [3.05, 3.63) is 11.6 Å². The summed E-state index contributed by atoms with van der Waals surface area (Å²) in [5.74, 6) is 1.19. The van der Waals surface area contributed by atoms with E-state index in [0.29, 0.717) is 38.3 Å². The van der Waals surface area contributed by atoms with Crippen LogP contribution in [-0.2, 0) is 19.1 Å². The van der Waals surface area contributed by atoms with Gasteiger partial charge in [0, 0.05) is 25.0 Å². The fourth-order valence-corrected chi connectivity index (χ4v) is 10.1. The molecule has 0 heterocycles. The van der Waals surface area contributed by atoms with Gasteiger partial charge in [0.2, 0.25) is 5.91 Å². The minimum atomic E-state index is -0.916. The maximum Gasteiger partial charge on any atom is 0.246 e. The molecule has 0 radical (unpaired) electrons. The van der Waals surface area contributed by atoms with Gasteiger partial charge in [-0.15, -0.1) is 0 Å². The number of hydrogen-bond acceptors (Lipinski definition) is 6. The lowest BCUT2D eigenvalue weighted by atomic mass is 9.39. The van der Waals surface area contributed by atoms with E-state index in [1.54, 1.807) is 0 Å². The van der Waals surface area contributed by atoms with Crippen LogP contribution in [0, 0.1) is 39.9 Å². The molecule has 0 aromatic carbocycles. The minimum absolute atomic E-state index is 0.00984. The fraction of sp³-hybridized carbons (Fsp3) is 0.882. The maximum absolute atomic E-state index is 12.5. The number of nitrogens with one attached hydrogen (secondary N) is 1. The molecule has 0 spiro atoms. The van der Waals surface area contributed by atoms with Crippen LogP contribution >= 0.6 is 0 Å². The number of carbonyl (C=O) groups excluding carboxylic acids is 2. The highest BCUT2D eigenvalue weighted by molar-refractivity contribution is 5.93. The van der Waals surface area contributed by atoms with E-state index in [0.717, 1.165) is 63.5 Å². The molecule has 0 aliphatic heterocycles. The molecule has 5 aliphatic carbocycles. The van der Waals surface area contributed by atoms with E-state index in [4.69, 9.17) is 9.47 Å². The lowest BCUT2D eigenvalue weighted by Gasteiger charge is -2.68. The largest absolute Gasteiger partial charge is 0.392 e. The number of ether oxygens (including phenoxy) is 2. The van der Waals surface area contributed by atoms with Gasteiger partial charge in [-0.3, -0.25) is 9.59 Å². The second-order valence-electron chi connectivity index (χ2n) is 15.3. The normalized spacial score (nSPS) is 43.9. The van der Waals surface area contributed by atoms with Crippen LogP contribution in [0.25, 0.3) is 0 Å². The lowest BCUT2D eigenvalue weighted by molar-refractivity contribution is -0.260. The minimum Gasteiger partial charge on any atom is -0.392 e. The molecule has 3 N–H and O–H groups in total. The van der Waals surface area contributed by atoms with Gasteiger partial charge in [-0.1, -0.05) is 40.2 Å². The van der Waals surface area contributed by atoms with Crippen molar-refractivity contribution in [2.24, 2.45) is 39.9 Å². The highest BCUT2D eigenvalue weighted by atomic mass is 16.5. The standard InChI is InChI=1S/C34H55NO6/c1-22(2)11-16-40-17-15-35-30(38)21-41-25-8-13-32(4)28-19-29(37)33(5)26(23-6-7-24(36)18-23)10-14-34(33,39)27(28)9-12-31(32,3)20-25/h18,22,25-29,37,39H,6-17,19-21H2,1-5H3,(H,35,38)/t25-,26+,27?,28?,29+,31+,32+,33-,34-/m0/s1. The van der Waals surface area contributed by atoms with Gasteiger partial charge < -0.3 is 25.0 Å². The zero-order chi connectivity index (χ0) is 29.6. The first-order chi connectivity index (χ1) is 19.3. The second-order valence-corrected chi connectivity index (χ2v) is 15.3. The van der Waals surface area contributed by atoms with Crippen LogP contribution in [0.2, 0.25) is 0 Å². The summed E-state index contributed by atoms with van der Waals surface area (Å²) in [7, 11) is 0. The molecule has 7 nitrogen and oxygen atoms in total. The Morgan fingerprint density at radius 2 is 1.85 bits per heavy atom. The molecule has 0 bridgehead atoms. The third kappa shape index (κ3) is 5.36. The summed E-state index contributed by atoms with van der Waals surface area (Å²) in [6, 6.07) is 0. The van der Waals surface area contributed by atoms with Crippen LogP contribution < -0.4 is 5.32 Å². The molecule has 0 aromatic rings. The first-order valence-corrected chi connectivity index (χ1v) is 16.4. The van der Waals surface area contributed by atoms with E-state index in [1.165, 1.54) is 0 Å². The zero-order valence-corrected chi connectivity index (χ0v) is 26.2. The van der Waals surface area contributed by atoms with Gasteiger partial charge in [0.25, 0.3) is 0 Å². The predicted molar refractivity (Wildman–Crippen MR) is 158 cm³/mol. The molecule has 7 heteroatoms. The van der Waals surface area contributed by atoms with E-state index < -0.39 is 17.1 Å². The average Bonchev–Trinajstić information content (AvgIpc) is 3.46. The Morgan fingerprint density at radius 1 is 1.07 bits per heavy atom. The van der Waals surface area contributed by atoms with Gasteiger partial charge in [0.05, 0.1) is 24.4 Å². The quantitative estimate of drug-likeness (QED) is 0.319. The molecule has 5 rings (SSSR count). The summed E-state index contributed by atoms with van der Waals surface area (Å²) < 4.78 is 11.8. The SMILES string of the molecule is CC(C)CCOCCNC(=O)CO[C@H]1CC[C@]2(C)C3C[C@@H](O)[C@]4(C)[C@@H](C5=CC(=O)CC5)CC[C@]4(O)C3CC[C@]2(C)C1. The van der Waals surface area contributed by atoms with Crippen molar-refractivity contribution in [1.29, 1.82) is 0 Å².